The summed E-state index contributed by atoms with van der Waals surface area (Å²) in [5.74, 6) is 0.581. The summed E-state index contributed by atoms with van der Waals surface area (Å²) in [7, 11) is 0. The largest absolute Gasteiger partial charge is 0.486 e. The molecule has 1 aromatic carbocycles. The van der Waals surface area contributed by atoms with Gasteiger partial charge in [0, 0.05) is 5.02 Å². The topological polar surface area (TPSA) is 49.7 Å². The van der Waals surface area contributed by atoms with Crippen LogP contribution < -0.4 is 4.74 Å². The smallest absolute Gasteiger partial charge is 0.145 e. The Labute approximate surface area is 81.5 Å². The Balaban J connectivity index is 2.58. The summed E-state index contributed by atoms with van der Waals surface area (Å²) in [6, 6.07) is 6.73. The lowest BCUT2D eigenvalue weighted by Crippen LogP contribution is -2.25. The molecule has 72 valence electrons. The normalized spacial score (nSPS) is 10.5. The van der Waals surface area contributed by atoms with Crippen LogP contribution in [0.3, 0.4) is 0 Å². The monoisotopic (exact) mass is 202 g/mol. The van der Waals surface area contributed by atoms with Crippen molar-refractivity contribution in [3.05, 3.63) is 29.3 Å². The fraction of sp³-hybridized carbons (Fsp3) is 0.333. The summed E-state index contributed by atoms with van der Waals surface area (Å²) in [6.07, 6.45) is -0.568. The molecule has 0 heterocycles. The third-order valence-electron chi connectivity index (χ3n) is 1.52. The molecule has 0 aliphatic heterocycles. The van der Waals surface area contributed by atoms with E-state index in [2.05, 4.69) is 0 Å². The Bertz CT molecular complexity index is 244. The van der Waals surface area contributed by atoms with E-state index >= 15 is 0 Å². The molecule has 0 spiro atoms. The highest BCUT2D eigenvalue weighted by molar-refractivity contribution is 6.30. The molecule has 0 aliphatic rings. The minimum absolute atomic E-state index is 0.209. The molecular formula is C9H11ClO3. The Morgan fingerprint density at radius 2 is 1.69 bits per heavy atom. The molecule has 1 rings (SSSR count). The van der Waals surface area contributed by atoms with Gasteiger partial charge in [-0.1, -0.05) is 11.6 Å². The Kier molecular flexibility index (Phi) is 4.02. The first-order chi connectivity index (χ1) is 6.26. The predicted octanol–water partition coefficient (Wildman–Crippen LogP) is 1.07. The highest BCUT2D eigenvalue weighted by atomic mass is 35.5. The van der Waals surface area contributed by atoms with Gasteiger partial charge in [-0.05, 0) is 24.3 Å². The van der Waals surface area contributed by atoms with E-state index in [1.165, 1.54) is 0 Å². The highest BCUT2D eigenvalue weighted by Gasteiger charge is 2.06. The average Bonchev–Trinajstić information content (AvgIpc) is 2.17. The number of halogens is 1. The van der Waals surface area contributed by atoms with Crippen LogP contribution in [-0.2, 0) is 0 Å². The van der Waals surface area contributed by atoms with Crippen molar-refractivity contribution < 1.29 is 14.9 Å². The maximum atomic E-state index is 8.73. The van der Waals surface area contributed by atoms with E-state index in [-0.39, 0.29) is 13.2 Å². The summed E-state index contributed by atoms with van der Waals surface area (Å²) in [4.78, 5) is 0. The minimum Gasteiger partial charge on any atom is -0.486 e. The van der Waals surface area contributed by atoms with E-state index in [0.717, 1.165) is 0 Å². The van der Waals surface area contributed by atoms with Gasteiger partial charge < -0.3 is 14.9 Å². The molecule has 0 atom stereocenters. The number of rotatable bonds is 4. The average molecular weight is 203 g/mol. The summed E-state index contributed by atoms with van der Waals surface area (Å²) in [5, 5.41) is 18.1. The summed E-state index contributed by atoms with van der Waals surface area (Å²) in [5.41, 5.74) is 0. The van der Waals surface area contributed by atoms with Crippen LogP contribution in [0, 0.1) is 0 Å². The summed E-state index contributed by atoms with van der Waals surface area (Å²) < 4.78 is 5.21. The van der Waals surface area contributed by atoms with Gasteiger partial charge in [0.1, 0.15) is 11.9 Å². The molecule has 2 N–H and O–H groups in total. The Hall–Kier alpha value is -0.770. The van der Waals surface area contributed by atoms with E-state index in [1.807, 2.05) is 0 Å². The number of aliphatic hydroxyl groups is 2. The molecule has 0 radical (unpaired) electrons. The van der Waals surface area contributed by atoms with Crippen LogP contribution >= 0.6 is 11.6 Å². The van der Waals surface area contributed by atoms with Gasteiger partial charge in [0.15, 0.2) is 0 Å². The Morgan fingerprint density at radius 3 is 2.15 bits per heavy atom. The minimum atomic E-state index is -0.568. The van der Waals surface area contributed by atoms with Crippen LogP contribution in [0.4, 0.5) is 0 Å². The third kappa shape index (κ3) is 3.22. The lowest BCUT2D eigenvalue weighted by atomic mass is 10.3. The number of ether oxygens (including phenoxy) is 1. The maximum absolute atomic E-state index is 8.73. The van der Waals surface area contributed by atoms with Crippen LogP contribution in [0.15, 0.2) is 24.3 Å². The van der Waals surface area contributed by atoms with Crippen LogP contribution in [0.25, 0.3) is 0 Å². The maximum Gasteiger partial charge on any atom is 0.145 e. The van der Waals surface area contributed by atoms with Crippen molar-refractivity contribution in [3.8, 4) is 5.75 Å². The Morgan fingerprint density at radius 1 is 1.15 bits per heavy atom. The zero-order valence-electron chi connectivity index (χ0n) is 6.98. The SMILES string of the molecule is OCC(CO)Oc1ccc(Cl)cc1. The first-order valence-electron chi connectivity index (χ1n) is 3.90. The van der Waals surface area contributed by atoms with Gasteiger partial charge in [-0.3, -0.25) is 0 Å². The van der Waals surface area contributed by atoms with E-state index in [9.17, 15) is 0 Å². The van der Waals surface area contributed by atoms with Crippen molar-refractivity contribution in [1.29, 1.82) is 0 Å². The molecule has 13 heavy (non-hydrogen) atoms. The molecule has 0 fully saturated rings. The zero-order chi connectivity index (χ0) is 9.68. The van der Waals surface area contributed by atoms with Crippen molar-refractivity contribution in [2.75, 3.05) is 13.2 Å². The second-order valence-electron chi connectivity index (χ2n) is 2.56. The lowest BCUT2D eigenvalue weighted by Gasteiger charge is -2.13. The van der Waals surface area contributed by atoms with E-state index in [4.69, 9.17) is 26.6 Å². The summed E-state index contributed by atoms with van der Waals surface area (Å²) in [6.45, 7) is -0.418. The standard InChI is InChI=1S/C9H11ClO3/c10-7-1-3-8(4-2-7)13-9(5-11)6-12/h1-4,9,11-12H,5-6H2. The summed E-state index contributed by atoms with van der Waals surface area (Å²) >= 11 is 5.66. The molecule has 0 aliphatic carbocycles. The molecular weight excluding hydrogens is 192 g/mol. The second-order valence-corrected chi connectivity index (χ2v) is 3.00. The molecule has 0 unspecified atom stereocenters. The third-order valence-corrected chi connectivity index (χ3v) is 1.78. The van der Waals surface area contributed by atoms with Crippen molar-refractivity contribution in [2.24, 2.45) is 0 Å². The van der Waals surface area contributed by atoms with Gasteiger partial charge in [0.25, 0.3) is 0 Å². The van der Waals surface area contributed by atoms with Gasteiger partial charge in [-0.2, -0.15) is 0 Å². The van der Waals surface area contributed by atoms with Crippen molar-refractivity contribution >= 4 is 11.6 Å². The molecule has 0 bridgehead atoms. The number of hydrogen-bond donors (Lipinski definition) is 2. The molecule has 0 saturated heterocycles. The molecule has 4 heteroatoms. The van der Waals surface area contributed by atoms with Crippen molar-refractivity contribution in [3.63, 3.8) is 0 Å². The van der Waals surface area contributed by atoms with Gasteiger partial charge in [0.2, 0.25) is 0 Å². The fourth-order valence-corrected chi connectivity index (χ4v) is 0.964. The molecule has 0 saturated carbocycles. The number of hydrogen-bond acceptors (Lipinski definition) is 3. The molecule has 3 nitrogen and oxygen atoms in total. The van der Waals surface area contributed by atoms with Crippen LogP contribution in [-0.4, -0.2) is 29.5 Å². The number of aliphatic hydroxyl groups excluding tert-OH is 2. The lowest BCUT2D eigenvalue weighted by molar-refractivity contribution is 0.0629. The van der Waals surface area contributed by atoms with Crippen molar-refractivity contribution in [1.82, 2.24) is 0 Å². The second kappa shape index (κ2) is 5.07. The van der Waals surface area contributed by atoms with Crippen LogP contribution in [0.1, 0.15) is 0 Å². The predicted molar refractivity (Wildman–Crippen MR) is 50.0 cm³/mol. The van der Waals surface area contributed by atoms with Gasteiger partial charge in [0.05, 0.1) is 13.2 Å². The van der Waals surface area contributed by atoms with Gasteiger partial charge in [-0.25, -0.2) is 0 Å². The van der Waals surface area contributed by atoms with Gasteiger partial charge in [-0.15, -0.1) is 0 Å². The van der Waals surface area contributed by atoms with Gasteiger partial charge >= 0.3 is 0 Å². The fourth-order valence-electron chi connectivity index (χ4n) is 0.838. The van der Waals surface area contributed by atoms with Crippen LogP contribution in [0.5, 0.6) is 5.75 Å². The van der Waals surface area contributed by atoms with E-state index in [0.29, 0.717) is 10.8 Å². The molecule has 1 aromatic rings. The molecule has 0 aromatic heterocycles. The van der Waals surface area contributed by atoms with E-state index < -0.39 is 6.10 Å². The first kappa shape index (κ1) is 10.3. The number of benzene rings is 1. The quantitative estimate of drug-likeness (QED) is 0.768. The zero-order valence-corrected chi connectivity index (χ0v) is 7.74. The molecule has 0 amide bonds. The first-order valence-corrected chi connectivity index (χ1v) is 4.28. The van der Waals surface area contributed by atoms with Crippen molar-refractivity contribution in [2.45, 2.75) is 6.10 Å². The van der Waals surface area contributed by atoms with E-state index in [1.54, 1.807) is 24.3 Å². The van der Waals surface area contributed by atoms with Crippen LogP contribution in [0.2, 0.25) is 5.02 Å². The highest BCUT2D eigenvalue weighted by Crippen LogP contribution is 2.16.